The van der Waals surface area contributed by atoms with E-state index in [9.17, 15) is 9.59 Å². The Bertz CT molecular complexity index is 452. The number of carbonyl (C=O) groups is 2. The second-order valence-electron chi connectivity index (χ2n) is 3.17. The Kier molecular flexibility index (Phi) is 6.14. The zero-order chi connectivity index (χ0) is 13.5. The lowest BCUT2D eigenvalue weighted by molar-refractivity contribution is -0.149. The van der Waals surface area contributed by atoms with Crippen molar-refractivity contribution in [2.45, 2.75) is 31.0 Å². The lowest BCUT2D eigenvalue weighted by atomic mass is 10.5. The predicted octanol–water partition coefficient (Wildman–Crippen LogP) is 2.08. The SMILES string of the molecule is CCOC(=O)C(=O)Sc1nc(C)cc(SCC)n1. The molecule has 1 aromatic rings. The average molecular weight is 286 g/mol. The molecular weight excluding hydrogens is 272 g/mol. The standard InChI is InChI=1S/C11H14N2O3S2/c1-4-16-9(14)10(15)18-11-12-7(3)6-8(13-11)17-5-2/h6H,4-5H2,1-3H3. The first-order chi connectivity index (χ1) is 8.56. The second-order valence-corrected chi connectivity index (χ2v) is 5.40. The van der Waals surface area contributed by atoms with Crippen LogP contribution in [0.3, 0.4) is 0 Å². The molecule has 18 heavy (non-hydrogen) atoms. The molecule has 0 atom stereocenters. The summed E-state index contributed by atoms with van der Waals surface area (Å²) in [6, 6.07) is 1.84. The molecule has 0 aliphatic carbocycles. The fourth-order valence-corrected chi connectivity index (χ4v) is 2.50. The van der Waals surface area contributed by atoms with Gasteiger partial charge in [0.15, 0.2) is 5.16 Å². The quantitative estimate of drug-likeness (QED) is 0.276. The molecule has 0 bridgehead atoms. The van der Waals surface area contributed by atoms with Gasteiger partial charge < -0.3 is 4.74 Å². The van der Waals surface area contributed by atoms with Gasteiger partial charge in [-0.05, 0) is 25.7 Å². The van der Waals surface area contributed by atoms with Crippen molar-refractivity contribution in [3.63, 3.8) is 0 Å². The molecule has 0 N–H and O–H groups in total. The van der Waals surface area contributed by atoms with Crippen LogP contribution < -0.4 is 0 Å². The molecule has 1 rings (SSSR count). The minimum atomic E-state index is -0.864. The van der Waals surface area contributed by atoms with Gasteiger partial charge in [-0.15, -0.1) is 11.8 Å². The number of carbonyl (C=O) groups excluding carboxylic acids is 2. The highest BCUT2D eigenvalue weighted by Gasteiger charge is 2.18. The molecule has 0 aromatic carbocycles. The average Bonchev–Trinajstić information content (AvgIpc) is 2.28. The van der Waals surface area contributed by atoms with Gasteiger partial charge >= 0.3 is 11.1 Å². The maximum Gasteiger partial charge on any atom is 0.386 e. The molecular formula is C11H14N2O3S2. The molecule has 7 heteroatoms. The van der Waals surface area contributed by atoms with Crippen molar-refractivity contribution in [1.29, 1.82) is 0 Å². The van der Waals surface area contributed by atoms with Gasteiger partial charge in [0.1, 0.15) is 5.03 Å². The van der Waals surface area contributed by atoms with E-state index in [4.69, 9.17) is 0 Å². The summed E-state index contributed by atoms with van der Waals surface area (Å²) in [5, 5.41) is 0.378. The van der Waals surface area contributed by atoms with Gasteiger partial charge in [0, 0.05) is 17.5 Å². The molecule has 5 nitrogen and oxygen atoms in total. The van der Waals surface area contributed by atoms with Crippen LogP contribution in [0.1, 0.15) is 19.5 Å². The maximum atomic E-state index is 11.5. The van der Waals surface area contributed by atoms with Gasteiger partial charge in [-0.3, -0.25) is 4.79 Å². The van der Waals surface area contributed by atoms with Gasteiger partial charge in [-0.2, -0.15) is 0 Å². The minimum absolute atomic E-state index is 0.177. The summed E-state index contributed by atoms with van der Waals surface area (Å²) in [6.45, 7) is 5.66. The summed E-state index contributed by atoms with van der Waals surface area (Å²) < 4.78 is 4.61. The first-order valence-corrected chi connectivity index (χ1v) is 7.24. The molecule has 1 heterocycles. The zero-order valence-corrected chi connectivity index (χ0v) is 12.1. The van der Waals surface area contributed by atoms with Crippen LogP contribution >= 0.6 is 23.5 Å². The topological polar surface area (TPSA) is 69.2 Å². The van der Waals surface area contributed by atoms with E-state index in [1.165, 1.54) is 0 Å². The molecule has 0 fully saturated rings. The van der Waals surface area contributed by atoms with E-state index in [0.29, 0.717) is 11.8 Å². The zero-order valence-electron chi connectivity index (χ0n) is 10.4. The van der Waals surface area contributed by atoms with E-state index in [2.05, 4.69) is 14.7 Å². The van der Waals surface area contributed by atoms with Crippen molar-refractivity contribution in [1.82, 2.24) is 9.97 Å². The van der Waals surface area contributed by atoms with E-state index < -0.39 is 11.1 Å². The summed E-state index contributed by atoms with van der Waals surface area (Å²) in [6.07, 6.45) is 0. The first-order valence-electron chi connectivity index (χ1n) is 5.44. The van der Waals surface area contributed by atoms with Crippen molar-refractivity contribution in [3.8, 4) is 0 Å². The van der Waals surface area contributed by atoms with E-state index in [1.807, 2.05) is 19.9 Å². The minimum Gasteiger partial charge on any atom is -0.460 e. The molecule has 98 valence electrons. The Labute approximate surface area is 114 Å². The van der Waals surface area contributed by atoms with E-state index in [0.717, 1.165) is 16.5 Å². The number of nitrogens with zero attached hydrogens (tertiary/aromatic N) is 2. The Morgan fingerprint density at radius 2 is 2.06 bits per heavy atom. The van der Waals surface area contributed by atoms with Gasteiger partial charge in [-0.25, -0.2) is 14.8 Å². The highest BCUT2D eigenvalue weighted by atomic mass is 32.2. The van der Waals surface area contributed by atoms with Crippen LogP contribution in [0.4, 0.5) is 0 Å². The van der Waals surface area contributed by atoms with Gasteiger partial charge in [0.25, 0.3) is 0 Å². The number of esters is 1. The number of hydrogen-bond donors (Lipinski definition) is 0. The van der Waals surface area contributed by atoms with Gasteiger partial charge in [0.2, 0.25) is 0 Å². The third-order valence-electron chi connectivity index (χ3n) is 1.73. The lowest BCUT2D eigenvalue weighted by Gasteiger charge is -2.03. The molecule has 0 saturated heterocycles. The monoisotopic (exact) mass is 286 g/mol. The summed E-state index contributed by atoms with van der Waals surface area (Å²) in [4.78, 5) is 31.0. The summed E-state index contributed by atoms with van der Waals surface area (Å²) >= 11 is 2.25. The smallest absolute Gasteiger partial charge is 0.386 e. The predicted molar refractivity (Wildman–Crippen MR) is 70.7 cm³/mol. The molecule has 0 unspecified atom stereocenters. The van der Waals surface area contributed by atoms with Crippen molar-refractivity contribution in [2.75, 3.05) is 12.4 Å². The fourth-order valence-electron chi connectivity index (χ4n) is 1.10. The van der Waals surface area contributed by atoms with Crippen LogP contribution in [0, 0.1) is 6.92 Å². The molecule has 1 aromatic heterocycles. The summed E-state index contributed by atoms with van der Waals surface area (Å²) in [5.41, 5.74) is 0.764. The van der Waals surface area contributed by atoms with Crippen LogP contribution in [-0.4, -0.2) is 33.4 Å². The van der Waals surface area contributed by atoms with Crippen molar-refractivity contribution >= 4 is 34.6 Å². The number of hydrogen-bond acceptors (Lipinski definition) is 7. The van der Waals surface area contributed by atoms with Gasteiger partial charge in [-0.1, -0.05) is 6.92 Å². The summed E-state index contributed by atoms with van der Waals surface area (Å²) in [7, 11) is 0. The number of rotatable bonds is 4. The first kappa shape index (κ1) is 15.0. The second kappa shape index (κ2) is 7.38. The number of aromatic nitrogens is 2. The third-order valence-corrected chi connectivity index (χ3v) is 3.24. The maximum absolute atomic E-state index is 11.5. The lowest BCUT2D eigenvalue weighted by Crippen LogP contribution is -2.14. The molecule has 0 aliphatic rings. The normalized spacial score (nSPS) is 10.2. The van der Waals surface area contributed by atoms with Crippen molar-refractivity contribution in [2.24, 2.45) is 0 Å². The van der Waals surface area contributed by atoms with Crippen molar-refractivity contribution < 1.29 is 14.3 Å². The highest BCUT2D eigenvalue weighted by molar-refractivity contribution is 8.15. The van der Waals surface area contributed by atoms with E-state index in [-0.39, 0.29) is 11.8 Å². The third kappa shape index (κ3) is 4.66. The van der Waals surface area contributed by atoms with Crippen LogP contribution in [0.25, 0.3) is 0 Å². The Morgan fingerprint density at radius 1 is 1.33 bits per heavy atom. The number of aryl methyl sites for hydroxylation is 1. The summed E-state index contributed by atoms with van der Waals surface area (Å²) in [5.74, 6) is 0.0177. The van der Waals surface area contributed by atoms with Crippen LogP contribution in [0.2, 0.25) is 0 Å². The Balaban J connectivity index is 2.77. The molecule has 0 spiro atoms. The molecule has 0 aliphatic heterocycles. The van der Waals surface area contributed by atoms with E-state index in [1.54, 1.807) is 18.7 Å². The molecule has 0 saturated carbocycles. The van der Waals surface area contributed by atoms with Crippen LogP contribution in [0.5, 0.6) is 0 Å². The fraction of sp³-hybridized carbons (Fsp3) is 0.455. The van der Waals surface area contributed by atoms with Crippen molar-refractivity contribution in [3.05, 3.63) is 11.8 Å². The number of thioether (sulfide) groups is 2. The van der Waals surface area contributed by atoms with E-state index >= 15 is 0 Å². The highest BCUT2D eigenvalue weighted by Crippen LogP contribution is 2.21. The Hall–Kier alpha value is -1.08. The molecule has 0 amide bonds. The molecule has 0 radical (unpaired) electrons. The van der Waals surface area contributed by atoms with Gasteiger partial charge in [0.05, 0.1) is 6.61 Å². The largest absolute Gasteiger partial charge is 0.460 e. The van der Waals surface area contributed by atoms with Crippen LogP contribution in [0.15, 0.2) is 16.2 Å². The number of ether oxygens (including phenoxy) is 1. The van der Waals surface area contributed by atoms with Crippen LogP contribution in [-0.2, 0) is 14.3 Å². The Morgan fingerprint density at radius 3 is 2.67 bits per heavy atom.